The molecule has 3 rings (SSSR count). The lowest BCUT2D eigenvalue weighted by Crippen LogP contribution is -2.24. The van der Waals surface area contributed by atoms with Crippen LogP contribution in [-0.2, 0) is 13.0 Å². The van der Waals surface area contributed by atoms with E-state index in [0.717, 1.165) is 42.4 Å². The average molecular weight is 263 g/mol. The first-order chi connectivity index (χ1) is 8.74. The summed E-state index contributed by atoms with van der Waals surface area (Å²) in [6.45, 7) is 4.84. The van der Waals surface area contributed by atoms with Gasteiger partial charge in [-0.05, 0) is 19.8 Å². The third kappa shape index (κ3) is 2.20. The Labute approximate surface area is 110 Å². The molecule has 0 saturated carbocycles. The smallest absolute Gasteiger partial charge is 0.191 e. The third-order valence-corrected chi connectivity index (χ3v) is 4.35. The second-order valence-electron chi connectivity index (χ2n) is 4.73. The van der Waals surface area contributed by atoms with E-state index in [-0.39, 0.29) is 0 Å². The Morgan fingerprint density at radius 2 is 2.39 bits per heavy atom. The number of nitrogens with zero attached hydrogens (tertiary/aromatic N) is 2. The molecule has 2 aromatic heterocycles. The van der Waals surface area contributed by atoms with Gasteiger partial charge < -0.3 is 9.73 Å². The molecule has 2 aromatic rings. The SMILES string of the molecule is Cc1nc2c(o1)CCCC2NCc1scnc1C. The van der Waals surface area contributed by atoms with Crippen molar-refractivity contribution in [1.82, 2.24) is 15.3 Å². The zero-order valence-electron chi connectivity index (χ0n) is 10.7. The molecule has 5 heteroatoms. The minimum Gasteiger partial charge on any atom is -0.446 e. The standard InChI is InChI=1S/C13H17N3OS/c1-8-12(18-7-15-8)6-14-10-4-3-5-11-13(10)16-9(2)17-11/h7,10,14H,3-6H2,1-2H3. The Balaban J connectivity index is 1.73. The normalized spacial score (nSPS) is 18.9. The molecule has 4 nitrogen and oxygen atoms in total. The minimum absolute atomic E-state index is 0.327. The fourth-order valence-corrected chi connectivity index (χ4v) is 3.18. The lowest BCUT2D eigenvalue weighted by Gasteiger charge is -2.21. The van der Waals surface area contributed by atoms with Gasteiger partial charge in [-0.15, -0.1) is 11.3 Å². The van der Waals surface area contributed by atoms with Gasteiger partial charge in [-0.1, -0.05) is 0 Å². The van der Waals surface area contributed by atoms with Crippen molar-refractivity contribution >= 4 is 11.3 Å². The number of hydrogen-bond donors (Lipinski definition) is 1. The maximum atomic E-state index is 5.64. The highest BCUT2D eigenvalue weighted by atomic mass is 32.1. The van der Waals surface area contributed by atoms with Crippen molar-refractivity contribution in [2.45, 2.75) is 45.7 Å². The topological polar surface area (TPSA) is 51.0 Å². The van der Waals surface area contributed by atoms with E-state index in [2.05, 4.69) is 22.2 Å². The van der Waals surface area contributed by atoms with Crippen LogP contribution in [0.15, 0.2) is 9.93 Å². The lowest BCUT2D eigenvalue weighted by molar-refractivity contribution is 0.404. The van der Waals surface area contributed by atoms with Crippen LogP contribution in [0.25, 0.3) is 0 Å². The highest BCUT2D eigenvalue weighted by Crippen LogP contribution is 2.30. The van der Waals surface area contributed by atoms with Gasteiger partial charge in [0.25, 0.3) is 0 Å². The van der Waals surface area contributed by atoms with E-state index in [0.29, 0.717) is 6.04 Å². The van der Waals surface area contributed by atoms with Gasteiger partial charge in [-0.2, -0.15) is 0 Å². The maximum absolute atomic E-state index is 5.64. The molecule has 0 aliphatic heterocycles. The number of nitrogens with one attached hydrogen (secondary N) is 1. The van der Waals surface area contributed by atoms with E-state index in [4.69, 9.17) is 4.42 Å². The molecule has 18 heavy (non-hydrogen) atoms. The molecule has 96 valence electrons. The van der Waals surface area contributed by atoms with E-state index >= 15 is 0 Å². The van der Waals surface area contributed by atoms with E-state index in [1.54, 1.807) is 11.3 Å². The Hall–Kier alpha value is -1.20. The van der Waals surface area contributed by atoms with Crippen molar-refractivity contribution in [2.75, 3.05) is 0 Å². The number of rotatable bonds is 3. The van der Waals surface area contributed by atoms with Crippen LogP contribution >= 0.6 is 11.3 Å². The number of hydrogen-bond acceptors (Lipinski definition) is 5. The molecule has 0 saturated heterocycles. The van der Waals surface area contributed by atoms with Crippen molar-refractivity contribution in [3.05, 3.63) is 33.4 Å². The predicted octanol–water partition coefficient (Wildman–Crippen LogP) is 2.92. The third-order valence-electron chi connectivity index (χ3n) is 3.42. The summed E-state index contributed by atoms with van der Waals surface area (Å²) in [6, 6.07) is 0.327. The molecule has 1 unspecified atom stereocenters. The van der Waals surface area contributed by atoms with Gasteiger partial charge in [0.15, 0.2) is 5.89 Å². The van der Waals surface area contributed by atoms with Crippen molar-refractivity contribution < 1.29 is 4.42 Å². The quantitative estimate of drug-likeness (QED) is 0.925. The van der Waals surface area contributed by atoms with E-state index in [1.807, 2.05) is 12.4 Å². The van der Waals surface area contributed by atoms with Crippen molar-refractivity contribution in [2.24, 2.45) is 0 Å². The summed E-state index contributed by atoms with van der Waals surface area (Å²) in [5.41, 5.74) is 4.14. The second kappa shape index (κ2) is 4.82. The molecule has 0 fully saturated rings. The monoisotopic (exact) mass is 263 g/mol. The molecule has 1 N–H and O–H groups in total. The lowest BCUT2D eigenvalue weighted by atomic mass is 9.97. The number of aryl methyl sites for hydroxylation is 3. The van der Waals surface area contributed by atoms with Crippen LogP contribution in [0.3, 0.4) is 0 Å². The van der Waals surface area contributed by atoms with Crippen molar-refractivity contribution in [1.29, 1.82) is 0 Å². The molecule has 2 heterocycles. The number of thiazole rings is 1. The molecule has 1 aliphatic carbocycles. The summed E-state index contributed by atoms with van der Waals surface area (Å²) in [5, 5.41) is 3.58. The van der Waals surface area contributed by atoms with Crippen molar-refractivity contribution in [3.63, 3.8) is 0 Å². The van der Waals surface area contributed by atoms with Crippen LogP contribution in [0.5, 0.6) is 0 Å². The molecule has 0 spiro atoms. The maximum Gasteiger partial charge on any atom is 0.191 e. The van der Waals surface area contributed by atoms with Gasteiger partial charge >= 0.3 is 0 Å². The second-order valence-corrected chi connectivity index (χ2v) is 5.67. The van der Waals surface area contributed by atoms with Crippen LogP contribution in [0.1, 0.15) is 46.8 Å². The Kier molecular flexibility index (Phi) is 3.18. The van der Waals surface area contributed by atoms with Gasteiger partial charge in [0.05, 0.1) is 22.9 Å². The summed E-state index contributed by atoms with van der Waals surface area (Å²) < 4.78 is 5.64. The van der Waals surface area contributed by atoms with Gasteiger partial charge in [-0.25, -0.2) is 9.97 Å². The van der Waals surface area contributed by atoms with Gasteiger partial charge in [0.1, 0.15) is 5.76 Å². The summed E-state index contributed by atoms with van der Waals surface area (Å²) in [5.74, 6) is 1.85. The first-order valence-corrected chi connectivity index (χ1v) is 7.20. The highest BCUT2D eigenvalue weighted by Gasteiger charge is 2.25. The first-order valence-electron chi connectivity index (χ1n) is 6.32. The van der Waals surface area contributed by atoms with Crippen LogP contribution in [0.2, 0.25) is 0 Å². The van der Waals surface area contributed by atoms with E-state index in [9.17, 15) is 0 Å². The average Bonchev–Trinajstić information content (AvgIpc) is 2.91. The molecule has 0 bridgehead atoms. The first kappa shape index (κ1) is 11.9. The molecule has 0 aromatic carbocycles. The van der Waals surface area contributed by atoms with Crippen LogP contribution in [0.4, 0.5) is 0 Å². The number of oxazole rings is 1. The molecular weight excluding hydrogens is 246 g/mol. The summed E-state index contributed by atoms with van der Waals surface area (Å²) in [6.07, 6.45) is 3.33. The van der Waals surface area contributed by atoms with E-state index < -0.39 is 0 Å². The Morgan fingerprint density at radius 3 is 3.17 bits per heavy atom. The summed E-state index contributed by atoms with van der Waals surface area (Å²) in [4.78, 5) is 10.1. The predicted molar refractivity (Wildman–Crippen MR) is 70.6 cm³/mol. The van der Waals surface area contributed by atoms with Gasteiger partial charge in [-0.3, -0.25) is 0 Å². The molecule has 1 atom stereocenters. The van der Waals surface area contributed by atoms with Gasteiger partial charge in [0, 0.05) is 24.8 Å². The Bertz CT molecular complexity index is 546. The van der Waals surface area contributed by atoms with E-state index in [1.165, 1.54) is 11.3 Å². The zero-order chi connectivity index (χ0) is 12.5. The number of fused-ring (bicyclic) bond motifs is 1. The number of aromatic nitrogens is 2. The zero-order valence-corrected chi connectivity index (χ0v) is 11.5. The summed E-state index contributed by atoms with van der Waals surface area (Å²) in [7, 11) is 0. The molecule has 1 aliphatic rings. The van der Waals surface area contributed by atoms with Crippen LogP contribution in [-0.4, -0.2) is 9.97 Å². The Morgan fingerprint density at radius 1 is 1.50 bits per heavy atom. The van der Waals surface area contributed by atoms with Gasteiger partial charge in [0.2, 0.25) is 0 Å². The van der Waals surface area contributed by atoms with Crippen LogP contribution < -0.4 is 5.32 Å². The summed E-state index contributed by atoms with van der Waals surface area (Å²) >= 11 is 1.71. The van der Waals surface area contributed by atoms with Crippen LogP contribution in [0, 0.1) is 13.8 Å². The fraction of sp³-hybridized carbons (Fsp3) is 0.538. The molecular formula is C13H17N3OS. The fourth-order valence-electron chi connectivity index (χ4n) is 2.45. The molecule has 0 radical (unpaired) electrons. The highest BCUT2D eigenvalue weighted by molar-refractivity contribution is 7.09. The minimum atomic E-state index is 0.327. The largest absolute Gasteiger partial charge is 0.446 e. The molecule has 0 amide bonds. The van der Waals surface area contributed by atoms with Crippen molar-refractivity contribution in [3.8, 4) is 0 Å².